The second-order valence-corrected chi connectivity index (χ2v) is 5.54. The van der Waals surface area contributed by atoms with Crippen molar-refractivity contribution in [1.29, 1.82) is 0 Å². The average molecular weight is 311 g/mol. The molecule has 110 valence electrons. The van der Waals surface area contributed by atoms with Gasteiger partial charge in [0.05, 0.1) is 11.3 Å². The van der Waals surface area contributed by atoms with Gasteiger partial charge in [-0.05, 0) is 36.8 Å². The van der Waals surface area contributed by atoms with Crippen molar-refractivity contribution in [2.24, 2.45) is 0 Å². The molecule has 0 spiro atoms. The predicted octanol–water partition coefficient (Wildman–Crippen LogP) is 3.96. The van der Waals surface area contributed by atoms with Crippen LogP contribution in [0, 0.1) is 6.92 Å². The van der Waals surface area contributed by atoms with Gasteiger partial charge in [-0.25, -0.2) is 9.78 Å². The Morgan fingerprint density at radius 2 is 2.00 bits per heavy atom. The van der Waals surface area contributed by atoms with Crippen molar-refractivity contribution < 1.29 is 9.90 Å². The van der Waals surface area contributed by atoms with Gasteiger partial charge in [0.25, 0.3) is 0 Å². The Morgan fingerprint density at radius 1 is 1.23 bits per heavy atom. The van der Waals surface area contributed by atoms with E-state index in [1.54, 1.807) is 31.5 Å². The van der Waals surface area contributed by atoms with E-state index in [4.69, 9.17) is 5.11 Å². The van der Waals surface area contributed by atoms with E-state index >= 15 is 0 Å². The third-order valence-electron chi connectivity index (χ3n) is 3.29. The van der Waals surface area contributed by atoms with Gasteiger partial charge in [0.15, 0.2) is 5.13 Å². The quantitative estimate of drug-likeness (QED) is 0.763. The van der Waals surface area contributed by atoms with Crippen molar-refractivity contribution >= 4 is 28.1 Å². The second kappa shape index (κ2) is 5.95. The molecule has 5 nitrogen and oxygen atoms in total. The SMILES string of the molecule is Cc1c(Nc2nc(-c3ccncc3)cs2)cccc1C(=O)O. The maximum Gasteiger partial charge on any atom is 0.336 e. The summed E-state index contributed by atoms with van der Waals surface area (Å²) in [7, 11) is 0. The summed E-state index contributed by atoms with van der Waals surface area (Å²) in [6.45, 7) is 1.78. The Balaban J connectivity index is 1.87. The lowest BCUT2D eigenvalue weighted by atomic mass is 10.1. The van der Waals surface area contributed by atoms with Crippen LogP contribution in [0.3, 0.4) is 0 Å². The zero-order valence-corrected chi connectivity index (χ0v) is 12.6. The Hall–Kier alpha value is -2.73. The molecule has 0 radical (unpaired) electrons. The molecule has 0 aliphatic heterocycles. The van der Waals surface area contributed by atoms with E-state index in [0.717, 1.165) is 22.1 Å². The summed E-state index contributed by atoms with van der Waals surface area (Å²) in [5.74, 6) is -0.933. The monoisotopic (exact) mass is 311 g/mol. The highest BCUT2D eigenvalue weighted by atomic mass is 32.1. The molecule has 0 fully saturated rings. The number of nitrogens with one attached hydrogen (secondary N) is 1. The van der Waals surface area contributed by atoms with Gasteiger partial charge in [-0.3, -0.25) is 4.98 Å². The molecule has 2 aromatic heterocycles. The number of nitrogens with zero attached hydrogens (tertiary/aromatic N) is 2. The van der Waals surface area contributed by atoms with E-state index in [-0.39, 0.29) is 5.56 Å². The van der Waals surface area contributed by atoms with Crippen molar-refractivity contribution in [3.8, 4) is 11.3 Å². The summed E-state index contributed by atoms with van der Waals surface area (Å²) in [6, 6.07) is 8.95. The lowest BCUT2D eigenvalue weighted by Gasteiger charge is -2.09. The fraction of sp³-hybridized carbons (Fsp3) is 0.0625. The smallest absolute Gasteiger partial charge is 0.336 e. The van der Waals surface area contributed by atoms with Crippen LogP contribution in [0.1, 0.15) is 15.9 Å². The molecule has 1 aromatic carbocycles. The van der Waals surface area contributed by atoms with Crippen LogP contribution in [0.4, 0.5) is 10.8 Å². The van der Waals surface area contributed by atoms with Crippen LogP contribution in [0.25, 0.3) is 11.3 Å². The first-order valence-electron chi connectivity index (χ1n) is 6.61. The standard InChI is InChI=1S/C16H13N3O2S/c1-10-12(15(20)21)3-2-4-13(10)18-16-19-14(9-22-16)11-5-7-17-8-6-11/h2-9H,1H3,(H,18,19)(H,20,21). The summed E-state index contributed by atoms with van der Waals surface area (Å²) in [5, 5.41) is 15.0. The summed E-state index contributed by atoms with van der Waals surface area (Å²) < 4.78 is 0. The van der Waals surface area contributed by atoms with Gasteiger partial charge >= 0.3 is 5.97 Å². The molecule has 3 rings (SSSR count). The van der Waals surface area contributed by atoms with Crippen LogP contribution in [0.15, 0.2) is 48.1 Å². The molecule has 0 bridgehead atoms. The van der Waals surface area contributed by atoms with Crippen molar-refractivity contribution in [2.75, 3.05) is 5.32 Å². The minimum Gasteiger partial charge on any atom is -0.478 e. The highest BCUT2D eigenvalue weighted by molar-refractivity contribution is 7.14. The number of hydrogen-bond acceptors (Lipinski definition) is 5. The topological polar surface area (TPSA) is 75.1 Å². The Bertz CT molecular complexity index is 815. The summed E-state index contributed by atoms with van der Waals surface area (Å²) in [4.78, 5) is 19.7. The van der Waals surface area contributed by atoms with Crippen LogP contribution >= 0.6 is 11.3 Å². The normalized spacial score (nSPS) is 10.4. The number of carbonyl (C=O) groups is 1. The van der Waals surface area contributed by atoms with Gasteiger partial charge in [0.2, 0.25) is 0 Å². The number of thiazole rings is 1. The van der Waals surface area contributed by atoms with E-state index < -0.39 is 5.97 Å². The van der Waals surface area contributed by atoms with Gasteiger partial charge in [0, 0.05) is 29.0 Å². The van der Waals surface area contributed by atoms with Crippen LogP contribution in [-0.4, -0.2) is 21.0 Å². The number of aromatic nitrogens is 2. The Kier molecular flexibility index (Phi) is 3.84. The lowest BCUT2D eigenvalue weighted by molar-refractivity contribution is 0.0696. The van der Waals surface area contributed by atoms with Crippen molar-refractivity contribution in [2.45, 2.75) is 6.92 Å². The third kappa shape index (κ3) is 2.82. The van der Waals surface area contributed by atoms with Crippen molar-refractivity contribution in [1.82, 2.24) is 9.97 Å². The Labute approximate surface area is 131 Å². The average Bonchev–Trinajstić information content (AvgIpc) is 2.98. The number of carboxylic acids is 1. The molecule has 0 saturated heterocycles. The number of carboxylic acid groups (broad SMARTS) is 1. The highest BCUT2D eigenvalue weighted by Crippen LogP contribution is 2.28. The molecule has 22 heavy (non-hydrogen) atoms. The number of aromatic carboxylic acids is 1. The van der Waals surface area contributed by atoms with Gasteiger partial charge in [-0.2, -0.15) is 0 Å². The number of benzene rings is 1. The fourth-order valence-corrected chi connectivity index (χ4v) is 2.84. The van der Waals surface area contributed by atoms with Gasteiger partial charge < -0.3 is 10.4 Å². The molecule has 0 saturated carbocycles. The molecule has 0 unspecified atom stereocenters. The molecule has 0 aliphatic rings. The maximum absolute atomic E-state index is 11.2. The van der Waals surface area contributed by atoms with Crippen molar-refractivity contribution in [3.63, 3.8) is 0 Å². The first-order valence-corrected chi connectivity index (χ1v) is 7.49. The lowest BCUT2D eigenvalue weighted by Crippen LogP contribution is -2.02. The maximum atomic E-state index is 11.2. The minimum absolute atomic E-state index is 0.288. The molecule has 3 aromatic rings. The van der Waals surface area contributed by atoms with Gasteiger partial charge in [-0.15, -0.1) is 11.3 Å². The molecule has 2 heterocycles. The largest absolute Gasteiger partial charge is 0.478 e. The molecule has 2 N–H and O–H groups in total. The molecular weight excluding hydrogens is 298 g/mol. The van der Waals surface area contributed by atoms with Gasteiger partial charge in [-0.1, -0.05) is 6.07 Å². The number of anilines is 2. The second-order valence-electron chi connectivity index (χ2n) is 4.68. The molecule has 0 atom stereocenters. The summed E-state index contributed by atoms with van der Waals surface area (Å²) in [5.41, 5.74) is 3.58. The first kappa shape index (κ1) is 14.2. The van der Waals surface area contributed by atoms with Crippen molar-refractivity contribution in [3.05, 3.63) is 59.2 Å². The summed E-state index contributed by atoms with van der Waals surface area (Å²) in [6.07, 6.45) is 3.45. The third-order valence-corrected chi connectivity index (χ3v) is 4.04. The van der Waals surface area contributed by atoms with E-state index in [2.05, 4.69) is 15.3 Å². The van der Waals surface area contributed by atoms with Crippen LogP contribution in [0.5, 0.6) is 0 Å². The first-order chi connectivity index (χ1) is 10.6. The highest BCUT2D eigenvalue weighted by Gasteiger charge is 2.11. The number of hydrogen-bond donors (Lipinski definition) is 2. The van der Waals surface area contributed by atoms with Gasteiger partial charge in [0.1, 0.15) is 0 Å². The fourth-order valence-electron chi connectivity index (χ4n) is 2.10. The molecule has 6 heteroatoms. The summed E-state index contributed by atoms with van der Waals surface area (Å²) >= 11 is 1.47. The zero-order chi connectivity index (χ0) is 15.5. The number of pyridine rings is 1. The van der Waals surface area contributed by atoms with E-state index in [1.165, 1.54) is 11.3 Å². The predicted molar refractivity (Wildman–Crippen MR) is 86.8 cm³/mol. The molecular formula is C16H13N3O2S. The van der Waals surface area contributed by atoms with E-state index in [1.807, 2.05) is 23.6 Å². The molecule has 0 aliphatic carbocycles. The minimum atomic E-state index is -0.933. The van der Waals surface area contributed by atoms with Crippen LogP contribution < -0.4 is 5.32 Å². The van der Waals surface area contributed by atoms with Crippen LogP contribution in [-0.2, 0) is 0 Å². The Morgan fingerprint density at radius 3 is 2.73 bits per heavy atom. The van der Waals surface area contributed by atoms with E-state index in [0.29, 0.717) is 5.56 Å². The van der Waals surface area contributed by atoms with E-state index in [9.17, 15) is 4.79 Å². The molecule has 0 amide bonds. The van der Waals surface area contributed by atoms with Crippen LogP contribution in [0.2, 0.25) is 0 Å². The zero-order valence-electron chi connectivity index (χ0n) is 11.8. The number of rotatable bonds is 4.